The van der Waals surface area contributed by atoms with Crippen LogP contribution in [-0.4, -0.2) is 18.2 Å². The summed E-state index contributed by atoms with van der Waals surface area (Å²) in [6.07, 6.45) is 0. The summed E-state index contributed by atoms with van der Waals surface area (Å²) in [4.78, 5) is 12.9. The van der Waals surface area contributed by atoms with E-state index in [4.69, 9.17) is 4.74 Å². The van der Waals surface area contributed by atoms with Crippen molar-refractivity contribution in [3.8, 4) is 5.75 Å². The van der Waals surface area contributed by atoms with E-state index in [1.54, 1.807) is 13.2 Å². The minimum Gasteiger partial charge on any atom is -0.497 e. The standard InChI is InChI=1S/C14H11IO3S/c1-18-10-3-5-11(6-4-10)19-13-7-2-9(15)8-12(13)14(16)17/h2-8H,1H3,(H,16,17). The average Bonchev–Trinajstić information content (AvgIpc) is 2.41. The summed E-state index contributed by atoms with van der Waals surface area (Å²) in [5.74, 6) is -0.125. The van der Waals surface area contributed by atoms with Crippen LogP contribution in [0.3, 0.4) is 0 Å². The van der Waals surface area contributed by atoms with Gasteiger partial charge in [0.25, 0.3) is 0 Å². The van der Waals surface area contributed by atoms with Crippen LogP contribution >= 0.6 is 34.4 Å². The third kappa shape index (κ3) is 3.63. The first-order valence-electron chi connectivity index (χ1n) is 5.45. The highest BCUT2D eigenvalue weighted by Crippen LogP contribution is 2.32. The van der Waals surface area contributed by atoms with E-state index in [-0.39, 0.29) is 0 Å². The SMILES string of the molecule is COc1ccc(Sc2ccc(I)cc2C(=O)O)cc1. The molecule has 2 rings (SSSR count). The van der Waals surface area contributed by atoms with Crippen LogP contribution in [-0.2, 0) is 0 Å². The number of aromatic carboxylic acids is 1. The normalized spacial score (nSPS) is 10.2. The molecule has 0 aliphatic carbocycles. The predicted octanol–water partition coefficient (Wildman–Crippen LogP) is 4.15. The predicted molar refractivity (Wildman–Crippen MR) is 83.2 cm³/mol. The van der Waals surface area contributed by atoms with Crippen molar-refractivity contribution in [2.45, 2.75) is 9.79 Å². The topological polar surface area (TPSA) is 46.5 Å². The Hall–Kier alpha value is -1.21. The van der Waals surface area contributed by atoms with Crippen molar-refractivity contribution < 1.29 is 14.6 Å². The quantitative estimate of drug-likeness (QED) is 0.803. The number of ether oxygens (including phenoxy) is 1. The van der Waals surface area contributed by atoms with Gasteiger partial charge in [0, 0.05) is 13.4 Å². The molecule has 3 nitrogen and oxygen atoms in total. The first-order chi connectivity index (χ1) is 9.10. The largest absolute Gasteiger partial charge is 0.497 e. The van der Waals surface area contributed by atoms with Gasteiger partial charge in [-0.3, -0.25) is 0 Å². The van der Waals surface area contributed by atoms with E-state index in [1.807, 2.05) is 36.4 Å². The fraction of sp³-hybridized carbons (Fsp3) is 0.0714. The molecule has 5 heteroatoms. The maximum Gasteiger partial charge on any atom is 0.336 e. The van der Waals surface area contributed by atoms with Crippen LogP contribution in [0.5, 0.6) is 5.75 Å². The smallest absolute Gasteiger partial charge is 0.336 e. The molecule has 2 aromatic rings. The van der Waals surface area contributed by atoms with E-state index >= 15 is 0 Å². The molecule has 19 heavy (non-hydrogen) atoms. The lowest BCUT2D eigenvalue weighted by molar-refractivity contribution is 0.0693. The number of hydrogen-bond donors (Lipinski definition) is 1. The van der Waals surface area contributed by atoms with E-state index in [1.165, 1.54) is 11.8 Å². The second-order valence-corrected chi connectivity index (χ2v) is 6.08. The fourth-order valence-electron chi connectivity index (χ4n) is 1.53. The molecule has 0 aliphatic rings. The lowest BCUT2D eigenvalue weighted by atomic mass is 10.2. The molecule has 0 saturated heterocycles. The van der Waals surface area contributed by atoms with Gasteiger partial charge in [0.05, 0.1) is 12.7 Å². The van der Waals surface area contributed by atoms with Crippen molar-refractivity contribution in [1.82, 2.24) is 0 Å². The molecule has 0 bridgehead atoms. The van der Waals surface area contributed by atoms with Crippen LogP contribution in [0.25, 0.3) is 0 Å². The lowest BCUT2D eigenvalue weighted by Gasteiger charge is -2.07. The number of carbonyl (C=O) groups is 1. The van der Waals surface area contributed by atoms with Crippen LogP contribution in [0.4, 0.5) is 0 Å². The fourth-order valence-corrected chi connectivity index (χ4v) is 2.94. The molecule has 0 fully saturated rings. The Kier molecular flexibility index (Phi) is 4.71. The van der Waals surface area contributed by atoms with Gasteiger partial charge < -0.3 is 9.84 Å². The number of benzene rings is 2. The molecule has 0 amide bonds. The first kappa shape index (κ1) is 14.2. The van der Waals surface area contributed by atoms with E-state index < -0.39 is 5.97 Å². The maximum absolute atomic E-state index is 11.2. The molecular formula is C14H11IO3S. The molecule has 0 spiro atoms. The zero-order chi connectivity index (χ0) is 13.8. The van der Waals surface area contributed by atoms with Crippen molar-refractivity contribution in [1.29, 1.82) is 0 Å². The van der Waals surface area contributed by atoms with Crippen LogP contribution < -0.4 is 4.74 Å². The maximum atomic E-state index is 11.2. The van der Waals surface area contributed by atoms with Crippen LogP contribution in [0, 0.1) is 3.57 Å². The third-order valence-corrected chi connectivity index (χ3v) is 4.21. The highest BCUT2D eigenvalue weighted by Gasteiger charge is 2.11. The second kappa shape index (κ2) is 6.29. The summed E-state index contributed by atoms with van der Waals surface area (Å²) in [5.41, 5.74) is 0.327. The van der Waals surface area contributed by atoms with Gasteiger partial charge >= 0.3 is 5.97 Å². The molecular weight excluding hydrogens is 375 g/mol. The molecule has 0 unspecified atom stereocenters. The van der Waals surface area contributed by atoms with E-state index in [0.29, 0.717) is 5.56 Å². The van der Waals surface area contributed by atoms with Crippen molar-refractivity contribution in [3.63, 3.8) is 0 Å². The van der Waals surface area contributed by atoms with Crippen LogP contribution in [0.15, 0.2) is 52.3 Å². The summed E-state index contributed by atoms with van der Waals surface area (Å²) < 4.78 is 6.00. The number of hydrogen-bond acceptors (Lipinski definition) is 3. The Morgan fingerprint density at radius 2 is 1.89 bits per heavy atom. The van der Waals surface area contributed by atoms with Gasteiger partial charge in [-0.1, -0.05) is 11.8 Å². The van der Waals surface area contributed by atoms with Crippen molar-refractivity contribution >= 4 is 40.3 Å². The number of halogens is 1. The molecule has 0 heterocycles. The molecule has 1 N–H and O–H groups in total. The lowest BCUT2D eigenvalue weighted by Crippen LogP contribution is -1.99. The highest BCUT2D eigenvalue weighted by molar-refractivity contribution is 14.1. The molecule has 0 aliphatic heterocycles. The van der Waals surface area contributed by atoms with Gasteiger partial charge in [0.1, 0.15) is 5.75 Å². The van der Waals surface area contributed by atoms with Gasteiger partial charge in [-0.25, -0.2) is 4.79 Å². The van der Waals surface area contributed by atoms with Gasteiger partial charge in [0.15, 0.2) is 0 Å². The Balaban J connectivity index is 2.29. The zero-order valence-corrected chi connectivity index (χ0v) is 13.1. The number of methoxy groups -OCH3 is 1. The Morgan fingerprint density at radius 3 is 2.47 bits per heavy atom. The third-order valence-electron chi connectivity index (χ3n) is 2.46. The van der Waals surface area contributed by atoms with Crippen molar-refractivity contribution in [3.05, 3.63) is 51.6 Å². The number of carboxylic acid groups (broad SMARTS) is 1. The summed E-state index contributed by atoms with van der Waals surface area (Å²) in [6.45, 7) is 0. The summed E-state index contributed by atoms with van der Waals surface area (Å²) in [5, 5.41) is 9.21. The van der Waals surface area contributed by atoms with Gasteiger partial charge in [-0.05, 0) is 65.1 Å². The highest BCUT2D eigenvalue weighted by atomic mass is 127. The number of carboxylic acids is 1. The van der Waals surface area contributed by atoms with E-state index in [0.717, 1.165) is 19.1 Å². The Bertz CT molecular complexity index is 596. The summed E-state index contributed by atoms with van der Waals surface area (Å²) in [6, 6.07) is 12.9. The molecule has 98 valence electrons. The van der Waals surface area contributed by atoms with Gasteiger partial charge in [0.2, 0.25) is 0 Å². The van der Waals surface area contributed by atoms with Crippen molar-refractivity contribution in [2.75, 3.05) is 7.11 Å². The van der Waals surface area contributed by atoms with E-state index in [2.05, 4.69) is 22.6 Å². The summed E-state index contributed by atoms with van der Waals surface area (Å²) >= 11 is 3.54. The Labute approximate surface area is 129 Å². The zero-order valence-electron chi connectivity index (χ0n) is 10.1. The molecule has 0 saturated carbocycles. The van der Waals surface area contributed by atoms with E-state index in [9.17, 15) is 9.90 Å². The second-order valence-electron chi connectivity index (χ2n) is 3.72. The Morgan fingerprint density at radius 1 is 1.21 bits per heavy atom. The molecule has 0 aromatic heterocycles. The minimum atomic E-state index is -0.908. The van der Waals surface area contributed by atoms with Gasteiger partial charge in [-0.2, -0.15) is 0 Å². The first-order valence-corrected chi connectivity index (χ1v) is 7.34. The van der Waals surface area contributed by atoms with Gasteiger partial charge in [-0.15, -0.1) is 0 Å². The summed E-state index contributed by atoms with van der Waals surface area (Å²) in [7, 11) is 1.61. The molecule has 0 atom stereocenters. The average molecular weight is 386 g/mol. The minimum absolute atomic E-state index is 0.327. The van der Waals surface area contributed by atoms with Crippen molar-refractivity contribution in [2.24, 2.45) is 0 Å². The van der Waals surface area contributed by atoms with Crippen LogP contribution in [0.2, 0.25) is 0 Å². The monoisotopic (exact) mass is 386 g/mol. The molecule has 2 aromatic carbocycles. The molecule has 0 radical (unpaired) electrons. The number of rotatable bonds is 4. The van der Waals surface area contributed by atoms with Crippen LogP contribution in [0.1, 0.15) is 10.4 Å².